The summed E-state index contributed by atoms with van der Waals surface area (Å²) in [6.45, 7) is 7.02. The van der Waals surface area contributed by atoms with Gasteiger partial charge in [0.1, 0.15) is 11.5 Å². The minimum Gasteiger partial charge on any atom is -0.384 e. The zero-order chi connectivity index (χ0) is 26.6. The van der Waals surface area contributed by atoms with E-state index in [1.165, 1.54) is 12.1 Å². The third-order valence-corrected chi connectivity index (χ3v) is 6.24. The van der Waals surface area contributed by atoms with E-state index >= 15 is 0 Å². The Morgan fingerprint density at radius 3 is 2.89 bits per heavy atom. The van der Waals surface area contributed by atoms with Gasteiger partial charge in [0, 0.05) is 36.7 Å². The van der Waals surface area contributed by atoms with Gasteiger partial charge in [0.05, 0.1) is 16.4 Å². The summed E-state index contributed by atoms with van der Waals surface area (Å²) in [5.41, 5.74) is 7.21. The molecule has 2 aromatic carbocycles. The molecular formula is C29H29FN8. The zero-order valence-electron chi connectivity index (χ0n) is 21.6. The van der Waals surface area contributed by atoms with Gasteiger partial charge < -0.3 is 15.2 Å². The molecule has 3 N–H and O–H groups in total. The summed E-state index contributed by atoms with van der Waals surface area (Å²) in [6.07, 6.45) is 7.22. The Hall–Kier alpha value is -4.63. The van der Waals surface area contributed by atoms with Crippen LogP contribution in [0.25, 0.3) is 50.3 Å². The first-order valence-electron chi connectivity index (χ1n) is 12.3. The van der Waals surface area contributed by atoms with Gasteiger partial charge in [-0.3, -0.25) is 10.1 Å². The van der Waals surface area contributed by atoms with Gasteiger partial charge in [-0.1, -0.05) is 18.2 Å². The number of hydrogen-bond donors (Lipinski definition) is 3. The molecule has 9 heteroatoms. The largest absolute Gasteiger partial charge is 0.384 e. The van der Waals surface area contributed by atoms with E-state index in [0.717, 1.165) is 50.9 Å². The number of aliphatic imine (C=N–C) groups is 1. The molecule has 0 fully saturated rings. The first-order chi connectivity index (χ1) is 18.4. The topological polar surface area (TPSA) is 97.9 Å². The van der Waals surface area contributed by atoms with Gasteiger partial charge >= 0.3 is 0 Å². The number of pyridine rings is 1. The fourth-order valence-electron chi connectivity index (χ4n) is 4.29. The molecule has 0 saturated carbocycles. The van der Waals surface area contributed by atoms with E-state index in [4.69, 9.17) is 4.98 Å². The Morgan fingerprint density at radius 2 is 2.08 bits per heavy atom. The average molecular weight is 509 g/mol. The number of nitrogens with one attached hydrogen (secondary N) is 3. The average Bonchev–Trinajstić information content (AvgIpc) is 3.51. The van der Waals surface area contributed by atoms with Crippen LogP contribution >= 0.6 is 0 Å². The number of anilines is 1. The monoisotopic (exact) mass is 508 g/mol. The maximum atomic E-state index is 14.6. The van der Waals surface area contributed by atoms with Crippen molar-refractivity contribution in [3.8, 4) is 22.6 Å². The molecule has 192 valence electrons. The minimum absolute atomic E-state index is 0.304. The normalized spacial score (nSPS) is 12.3. The van der Waals surface area contributed by atoms with Crippen LogP contribution in [-0.2, 0) is 0 Å². The number of imidazole rings is 1. The summed E-state index contributed by atoms with van der Waals surface area (Å²) in [7, 11) is 4.01. The number of para-hydroxylation sites is 1. The molecule has 8 nitrogen and oxygen atoms in total. The summed E-state index contributed by atoms with van der Waals surface area (Å²) in [5, 5.41) is 11.7. The van der Waals surface area contributed by atoms with Crippen molar-refractivity contribution in [1.29, 1.82) is 0 Å². The molecule has 3 aromatic heterocycles. The second kappa shape index (κ2) is 10.8. The summed E-state index contributed by atoms with van der Waals surface area (Å²) in [4.78, 5) is 18.6. The second-order valence-electron chi connectivity index (χ2n) is 9.31. The molecule has 5 aromatic rings. The van der Waals surface area contributed by atoms with Crippen LogP contribution in [-0.4, -0.2) is 64.0 Å². The van der Waals surface area contributed by atoms with Gasteiger partial charge in [-0.25, -0.2) is 14.4 Å². The van der Waals surface area contributed by atoms with Gasteiger partial charge in [0.2, 0.25) is 0 Å². The van der Waals surface area contributed by atoms with Crippen LogP contribution in [0.3, 0.4) is 0 Å². The van der Waals surface area contributed by atoms with Crippen molar-refractivity contribution in [3.63, 3.8) is 0 Å². The summed E-state index contributed by atoms with van der Waals surface area (Å²) in [6, 6.07) is 12.9. The molecule has 5 rings (SSSR count). The number of likely N-dealkylation sites (N-methyl/N-ethyl adjacent to an activating group) is 1. The highest BCUT2D eigenvalue weighted by atomic mass is 19.1. The van der Waals surface area contributed by atoms with E-state index in [1.54, 1.807) is 12.4 Å². The Labute approximate surface area is 220 Å². The van der Waals surface area contributed by atoms with Crippen molar-refractivity contribution in [2.75, 3.05) is 32.5 Å². The number of nitrogens with zero attached hydrogens (tertiary/aromatic N) is 5. The van der Waals surface area contributed by atoms with E-state index in [2.05, 4.69) is 42.1 Å². The summed E-state index contributed by atoms with van der Waals surface area (Å²) >= 11 is 0. The SMILES string of the molecule is C=N/C=C\C=C(/C)c1cnc2[nH]nc(-c3nc4c(-c5cc(F)cc(NCCN(C)C)c5)cccc4[nH]3)c2c1. The highest BCUT2D eigenvalue weighted by molar-refractivity contribution is 5.97. The third-order valence-electron chi connectivity index (χ3n) is 6.24. The lowest BCUT2D eigenvalue weighted by molar-refractivity contribution is 0.425. The molecule has 0 aliphatic carbocycles. The molecule has 3 heterocycles. The van der Waals surface area contributed by atoms with Gasteiger partial charge in [-0.15, -0.1) is 0 Å². The Kier molecular flexibility index (Phi) is 7.10. The van der Waals surface area contributed by atoms with Gasteiger partial charge in [-0.05, 0) is 80.8 Å². The predicted molar refractivity (Wildman–Crippen MR) is 154 cm³/mol. The molecule has 0 bridgehead atoms. The predicted octanol–water partition coefficient (Wildman–Crippen LogP) is 5.90. The molecule has 0 amide bonds. The van der Waals surface area contributed by atoms with Crippen molar-refractivity contribution in [2.45, 2.75) is 6.92 Å². The number of rotatable bonds is 9. The van der Waals surface area contributed by atoms with E-state index in [1.807, 2.05) is 63.5 Å². The van der Waals surface area contributed by atoms with Crippen LogP contribution in [0.2, 0.25) is 0 Å². The highest BCUT2D eigenvalue weighted by Crippen LogP contribution is 2.33. The van der Waals surface area contributed by atoms with E-state index in [-0.39, 0.29) is 5.82 Å². The van der Waals surface area contributed by atoms with Crippen molar-refractivity contribution >= 4 is 40.0 Å². The van der Waals surface area contributed by atoms with Crippen molar-refractivity contribution in [2.24, 2.45) is 4.99 Å². The maximum Gasteiger partial charge on any atom is 0.159 e. The fourth-order valence-corrected chi connectivity index (χ4v) is 4.29. The van der Waals surface area contributed by atoms with Crippen LogP contribution in [0.4, 0.5) is 10.1 Å². The second-order valence-corrected chi connectivity index (χ2v) is 9.31. The van der Waals surface area contributed by atoms with Crippen LogP contribution < -0.4 is 5.32 Å². The number of hydrogen-bond acceptors (Lipinski definition) is 6. The molecule has 0 radical (unpaired) electrons. The highest BCUT2D eigenvalue weighted by Gasteiger charge is 2.17. The summed E-state index contributed by atoms with van der Waals surface area (Å²) < 4.78 is 14.6. The van der Waals surface area contributed by atoms with Crippen LogP contribution in [0.1, 0.15) is 12.5 Å². The molecule has 0 unspecified atom stereocenters. The number of halogens is 1. The molecular weight excluding hydrogens is 479 g/mol. The molecule has 0 aliphatic heterocycles. The standard InChI is InChI=1S/C29H29FN8/c1-18(7-6-10-31-2)20-15-24-27(36-37-28(24)33-17-20)29-34-25-9-5-8-23(26(25)35-29)19-13-21(30)16-22(14-19)32-11-12-38(3)4/h5-10,13-17,32H,2,11-12H2,1,3-4H3,(H,34,35)(H,33,36,37)/b10-6-,18-7+. The number of benzene rings is 2. The lowest BCUT2D eigenvalue weighted by Crippen LogP contribution is -2.20. The van der Waals surface area contributed by atoms with Gasteiger partial charge in [-0.2, -0.15) is 5.10 Å². The number of H-pyrrole nitrogens is 2. The lowest BCUT2D eigenvalue weighted by atomic mass is 10.0. The molecule has 0 spiro atoms. The minimum atomic E-state index is -0.304. The quantitative estimate of drug-likeness (QED) is 0.170. The Morgan fingerprint density at radius 1 is 1.21 bits per heavy atom. The van der Waals surface area contributed by atoms with Crippen molar-refractivity contribution < 1.29 is 4.39 Å². The Balaban J connectivity index is 1.54. The number of fused-ring (bicyclic) bond motifs is 2. The van der Waals surface area contributed by atoms with E-state index in [0.29, 0.717) is 23.7 Å². The fraction of sp³-hybridized carbons (Fsp3) is 0.172. The van der Waals surface area contributed by atoms with Crippen molar-refractivity contribution in [1.82, 2.24) is 30.0 Å². The molecule has 0 aliphatic rings. The zero-order valence-corrected chi connectivity index (χ0v) is 21.6. The van der Waals surface area contributed by atoms with E-state index < -0.39 is 0 Å². The van der Waals surface area contributed by atoms with E-state index in [9.17, 15) is 4.39 Å². The molecule has 38 heavy (non-hydrogen) atoms. The third kappa shape index (κ3) is 5.23. The molecule has 0 saturated heterocycles. The first-order valence-corrected chi connectivity index (χ1v) is 12.3. The Bertz CT molecular complexity index is 1680. The van der Waals surface area contributed by atoms with Crippen LogP contribution in [0.5, 0.6) is 0 Å². The number of aromatic amines is 2. The van der Waals surface area contributed by atoms with Crippen LogP contribution in [0.15, 0.2) is 72.0 Å². The van der Waals surface area contributed by atoms with Crippen molar-refractivity contribution in [3.05, 3.63) is 78.4 Å². The maximum absolute atomic E-state index is 14.6. The van der Waals surface area contributed by atoms with Gasteiger partial charge in [0.15, 0.2) is 11.5 Å². The number of aromatic nitrogens is 5. The molecule has 0 atom stereocenters. The lowest BCUT2D eigenvalue weighted by Gasteiger charge is -2.13. The smallest absolute Gasteiger partial charge is 0.159 e. The first kappa shape index (κ1) is 25.0. The number of allylic oxidation sites excluding steroid dienone is 3. The van der Waals surface area contributed by atoms with Crippen LogP contribution in [0, 0.1) is 5.82 Å². The van der Waals surface area contributed by atoms with Gasteiger partial charge in [0.25, 0.3) is 0 Å². The summed E-state index contributed by atoms with van der Waals surface area (Å²) in [5.74, 6) is 0.303.